The highest BCUT2D eigenvalue weighted by molar-refractivity contribution is 8.15. The molecule has 1 aromatic carbocycles. The number of amidine groups is 1. The van der Waals surface area contributed by atoms with Crippen molar-refractivity contribution in [3.05, 3.63) is 30.1 Å². The van der Waals surface area contributed by atoms with Gasteiger partial charge in [0.1, 0.15) is 11.1 Å². The topological polar surface area (TPSA) is 61.8 Å². The first-order valence-corrected chi connectivity index (χ1v) is 9.56. The van der Waals surface area contributed by atoms with Gasteiger partial charge in [-0.1, -0.05) is 24.6 Å². The van der Waals surface area contributed by atoms with Gasteiger partial charge >= 0.3 is 0 Å². The molecular formula is C18H22FN3O2S. The molecule has 1 aromatic rings. The molecule has 1 N–H and O–H groups in total. The van der Waals surface area contributed by atoms with E-state index in [0.717, 1.165) is 18.0 Å². The number of benzene rings is 1. The SMILES string of the molecule is CCN1C(=O)[C@@H](CC(=O)Nc2ccc(F)cc2)SC1=NC1CCCC1. The first-order valence-electron chi connectivity index (χ1n) is 8.68. The minimum Gasteiger partial charge on any atom is -0.326 e. The van der Waals surface area contributed by atoms with Crippen LogP contribution >= 0.6 is 11.8 Å². The number of carbonyl (C=O) groups is 2. The number of nitrogens with one attached hydrogen (secondary N) is 1. The zero-order valence-electron chi connectivity index (χ0n) is 14.2. The van der Waals surface area contributed by atoms with Crippen molar-refractivity contribution in [2.24, 2.45) is 4.99 Å². The summed E-state index contributed by atoms with van der Waals surface area (Å²) in [5.41, 5.74) is 0.522. The first kappa shape index (κ1) is 17.9. The van der Waals surface area contributed by atoms with E-state index < -0.39 is 5.25 Å². The number of hydrogen-bond acceptors (Lipinski definition) is 4. The molecule has 1 saturated heterocycles. The predicted octanol–water partition coefficient (Wildman–Crippen LogP) is 3.42. The lowest BCUT2D eigenvalue weighted by Gasteiger charge is -2.14. The monoisotopic (exact) mass is 363 g/mol. The van der Waals surface area contributed by atoms with Gasteiger partial charge < -0.3 is 5.32 Å². The number of anilines is 1. The van der Waals surface area contributed by atoms with E-state index in [0.29, 0.717) is 18.3 Å². The van der Waals surface area contributed by atoms with Crippen LogP contribution in [0.25, 0.3) is 0 Å². The molecule has 2 aliphatic rings. The van der Waals surface area contributed by atoms with Gasteiger partial charge in [0, 0.05) is 18.7 Å². The summed E-state index contributed by atoms with van der Waals surface area (Å²) in [6, 6.07) is 5.88. The van der Waals surface area contributed by atoms with Gasteiger partial charge in [-0.2, -0.15) is 0 Å². The van der Waals surface area contributed by atoms with Gasteiger partial charge in [0.2, 0.25) is 11.8 Å². The third-order valence-electron chi connectivity index (χ3n) is 4.45. The molecule has 0 spiro atoms. The molecule has 134 valence electrons. The highest BCUT2D eigenvalue weighted by atomic mass is 32.2. The number of thioether (sulfide) groups is 1. The number of aliphatic imine (C=N–C) groups is 1. The lowest BCUT2D eigenvalue weighted by atomic mass is 10.2. The molecule has 0 aromatic heterocycles. The smallest absolute Gasteiger partial charge is 0.242 e. The maximum atomic E-state index is 12.9. The Hall–Kier alpha value is -1.89. The van der Waals surface area contributed by atoms with E-state index in [1.54, 1.807) is 4.90 Å². The Kier molecular flexibility index (Phi) is 5.73. The maximum Gasteiger partial charge on any atom is 0.242 e. The van der Waals surface area contributed by atoms with Gasteiger partial charge in [0.15, 0.2) is 5.17 Å². The fourth-order valence-corrected chi connectivity index (χ4v) is 4.41. The quantitative estimate of drug-likeness (QED) is 0.872. The van der Waals surface area contributed by atoms with Crippen molar-refractivity contribution in [2.75, 3.05) is 11.9 Å². The maximum absolute atomic E-state index is 12.9. The van der Waals surface area contributed by atoms with Crippen molar-refractivity contribution in [3.8, 4) is 0 Å². The van der Waals surface area contributed by atoms with Crippen LogP contribution in [-0.4, -0.2) is 39.7 Å². The molecule has 0 radical (unpaired) electrons. The van der Waals surface area contributed by atoms with E-state index in [1.165, 1.54) is 48.9 Å². The molecule has 1 aliphatic carbocycles. The molecule has 0 unspecified atom stereocenters. The summed E-state index contributed by atoms with van der Waals surface area (Å²) in [5.74, 6) is -0.667. The van der Waals surface area contributed by atoms with Gasteiger partial charge in [-0.15, -0.1) is 0 Å². The second kappa shape index (κ2) is 7.99. The van der Waals surface area contributed by atoms with Crippen LogP contribution in [0.5, 0.6) is 0 Å². The van der Waals surface area contributed by atoms with Crippen LogP contribution in [0.15, 0.2) is 29.3 Å². The van der Waals surface area contributed by atoms with Gasteiger partial charge in [-0.25, -0.2) is 4.39 Å². The number of rotatable bonds is 5. The Morgan fingerprint density at radius 2 is 2.00 bits per heavy atom. The molecule has 3 rings (SSSR count). The number of nitrogens with zero attached hydrogens (tertiary/aromatic N) is 2. The van der Waals surface area contributed by atoms with Crippen LogP contribution in [0, 0.1) is 5.82 Å². The molecule has 0 bridgehead atoms. The number of halogens is 1. The van der Waals surface area contributed by atoms with E-state index in [1.807, 2.05) is 6.92 Å². The fourth-order valence-electron chi connectivity index (χ4n) is 3.13. The highest BCUT2D eigenvalue weighted by Gasteiger charge is 2.38. The first-order chi connectivity index (χ1) is 12.1. The highest BCUT2D eigenvalue weighted by Crippen LogP contribution is 2.32. The van der Waals surface area contributed by atoms with E-state index in [2.05, 4.69) is 5.32 Å². The minimum atomic E-state index is -0.444. The molecule has 2 amide bonds. The summed E-state index contributed by atoms with van der Waals surface area (Å²) >= 11 is 1.39. The molecule has 1 aliphatic heterocycles. The molecule has 1 heterocycles. The zero-order chi connectivity index (χ0) is 17.8. The van der Waals surface area contributed by atoms with Crippen molar-refractivity contribution < 1.29 is 14.0 Å². The molecule has 1 atom stereocenters. The van der Waals surface area contributed by atoms with Gasteiger partial charge in [0.05, 0.1) is 6.04 Å². The summed E-state index contributed by atoms with van der Waals surface area (Å²) in [7, 11) is 0. The number of amides is 2. The molecule has 25 heavy (non-hydrogen) atoms. The summed E-state index contributed by atoms with van der Waals surface area (Å²) in [6.07, 6.45) is 4.61. The van der Waals surface area contributed by atoms with Crippen LogP contribution in [0.3, 0.4) is 0 Å². The Bertz CT molecular complexity index is 671. The molecule has 7 heteroatoms. The standard InChI is InChI=1S/C18H22FN3O2S/c1-2-22-17(24)15(25-18(22)21-13-5-3-4-6-13)11-16(23)20-14-9-7-12(19)8-10-14/h7-10,13,15H,2-6,11H2,1H3,(H,20,23)/t15-/m1/s1. The molecular weight excluding hydrogens is 341 g/mol. The predicted molar refractivity (Wildman–Crippen MR) is 98.1 cm³/mol. The molecule has 2 fully saturated rings. The van der Waals surface area contributed by atoms with Crippen molar-refractivity contribution in [3.63, 3.8) is 0 Å². The largest absolute Gasteiger partial charge is 0.326 e. The van der Waals surface area contributed by atoms with Crippen molar-refractivity contribution >= 4 is 34.4 Å². The second-order valence-electron chi connectivity index (χ2n) is 6.30. The molecule has 1 saturated carbocycles. The summed E-state index contributed by atoms with van der Waals surface area (Å²) in [5, 5.41) is 3.01. The average molecular weight is 363 g/mol. The number of carbonyl (C=O) groups excluding carboxylic acids is 2. The Morgan fingerprint density at radius 1 is 1.32 bits per heavy atom. The third-order valence-corrected chi connectivity index (χ3v) is 5.64. The van der Waals surface area contributed by atoms with E-state index in [9.17, 15) is 14.0 Å². The van der Waals surface area contributed by atoms with Crippen LogP contribution in [-0.2, 0) is 9.59 Å². The van der Waals surface area contributed by atoms with Crippen LogP contribution in [0.2, 0.25) is 0 Å². The second-order valence-corrected chi connectivity index (χ2v) is 7.47. The molecule has 5 nitrogen and oxygen atoms in total. The summed E-state index contributed by atoms with van der Waals surface area (Å²) < 4.78 is 12.9. The van der Waals surface area contributed by atoms with Crippen molar-refractivity contribution in [1.29, 1.82) is 0 Å². The Balaban J connectivity index is 1.62. The Morgan fingerprint density at radius 3 is 2.64 bits per heavy atom. The van der Waals surface area contributed by atoms with E-state index in [-0.39, 0.29) is 24.1 Å². The van der Waals surface area contributed by atoms with E-state index in [4.69, 9.17) is 4.99 Å². The average Bonchev–Trinajstić information content (AvgIpc) is 3.19. The minimum absolute atomic E-state index is 0.0569. The zero-order valence-corrected chi connectivity index (χ0v) is 15.0. The van der Waals surface area contributed by atoms with Crippen molar-refractivity contribution in [1.82, 2.24) is 4.90 Å². The lowest BCUT2D eigenvalue weighted by molar-refractivity contribution is -0.128. The van der Waals surface area contributed by atoms with Crippen LogP contribution in [0.1, 0.15) is 39.0 Å². The van der Waals surface area contributed by atoms with Crippen molar-refractivity contribution in [2.45, 2.75) is 50.3 Å². The fraction of sp³-hybridized carbons (Fsp3) is 0.500. The van der Waals surface area contributed by atoms with Crippen LogP contribution in [0.4, 0.5) is 10.1 Å². The van der Waals surface area contributed by atoms with Crippen LogP contribution < -0.4 is 5.32 Å². The van der Waals surface area contributed by atoms with Gasteiger partial charge in [-0.3, -0.25) is 19.5 Å². The normalized spacial score (nSPS) is 22.8. The summed E-state index contributed by atoms with van der Waals surface area (Å²) in [6.45, 7) is 2.48. The number of hydrogen-bond donors (Lipinski definition) is 1. The Labute approximate surface area is 151 Å². The third kappa shape index (κ3) is 4.39. The van der Waals surface area contributed by atoms with Gasteiger partial charge in [0.25, 0.3) is 0 Å². The van der Waals surface area contributed by atoms with Gasteiger partial charge in [-0.05, 0) is 44.0 Å². The lowest BCUT2D eigenvalue weighted by Crippen LogP contribution is -2.33. The summed E-state index contributed by atoms with van der Waals surface area (Å²) in [4.78, 5) is 31.2. The van der Waals surface area contributed by atoms with E-state index >= 15 is 0 Å².